The van der Waals surface area contributed by atoms with E-state index in [0.717, 1.165) is 44.2 Å². The topological polar surface area (TPSA) is 29.5 Å². The molecule has 12 heavy (non-hydrogen) atoms. The van der Waals surface area contributed by atoms with Crippen LogP contribution in [0, 0.1) is 0 Å². The molecule has 0 radical (unpaired) electrons. The SMILES string of the molecule is O=S1CCC(N2CCOCC2)C1. The number of morpholine rings is 1. The quantitative estimate of drug-likeness (QED) is 0.574. The first-order valence-electron chi connectivity index (χ1n) is 4.53. The van der Waals surface area contributed by atoms with Crippen LogP contribution in [0.4, 0.5) is 0 Å². The molecule has 2 saturated heterocycles. The summed E-state index contributed by atoms with van der Waals surface area (Å²) >= 11 is 0. The fourth-order valence-corrected chi connectivity index (χ4v) is 3.39. The number of rotatable bonds is 1. The summed E-state index contributed by atoms with van der Waals surface area (Å²) in [5.74, 6) is 1.79. The maximum Gasteiger partial charge on any atom is 0.0594 e. The molecule has 0 aromatic rings. The molecular formula is C8H15NO2S. The third-order valence-electron chi connectivity index (χ3n) is 2.62. The van der Waals surface area contributed by atoms with Gasteiger partial charge in [0.25, 0.3) is 0 Å². The van der Waals surface area contributed by atoms with Crippen LogP contribution < -0.4 is 0 Å². The average Bonchev–Trinajstić information content (AvgIpc) is 2.54. The van der Waals surface area contributed by atoms with E-state index in [1.807, 2.05) is 0 Å². The molecule has 0 amide bonds. The summed E-state index contributed by atoms with van der Waals surface area (Å²) in [5, 5.41) is 0. The molecule has 4 heteroatoms. The van der Waals surface area contributed by atoms with Crippen LogP contribution in [0.3, 0.4) is 0 Å². The Bertz CT molecular complexity index is 180. The molecule has 2 fully saturated rings. The molecule has 2 rings (SSSR count). The molecule has 0 aliphatic carbocycles. The highest BCUT2D eigenvalue weighted by molar-refractivity contribution is 7.85. The lowest BCUT2D eigenvalue weighted by molar-refractivity contribution is 0.0217. The van der Waals surface area contributed by atoms with Crippen molar-refractivity contribution in [3.05, 3.63) is 0 Å². The van der Waals surface area contributed by atoms with E-state index >= 15 is 0 Å². The first-order chi connectivity index (χ1) is 5.86. The predicted molar refractivity (Wildman–Crippen MR) is 48.7 cm³/mol. The minimum absolute atomic E-state index is 0.537. The molecule has 2 aliphatic heterocycles. The van der Waals surface area contributed by atoms with Crippen LogP contribution in [0.2, 0.25) is 0 Å². The monoisotopic (exact) mass is 189 g/mol. The van der Waals surface area contributed by atoms with E-state index in [1.165, 1.54) is 0 Å². The van der Waals surface area contributed by atoms with Crippen LogP contribution in [0.15, 0.2) is 0 Å². The van der Waals surface area contributed by atoms with Gasteiger partial charge in [-0.15, -0.1) is 0 Å². The van der Waals surface area contributed by atoms with Gasteiger partial charge in [0.15, 0.2) is 0 Å². The Balaban J connectivity index is 1.86. The Kier molecular flexibility index (Phi) is 2.78. The molecule has 2 aliphatic rings. The Morgan fingerprint density at radius 3 is 2.67 bits per heavy atom. The lowest BCUT2D eigenvalue weighted by atomic mass is 10.2. The molecule has 0 aromatic heterocycles. The molecule has 2 unspecified atom stereocenters. The second-order valence-corrected chi connectivity index (χ2v) is 5.02. The van der Waals surface area contributed by atoms with Crippen molar-refractivity contribution in [3.63, 3.8) is 0 Å². The summed E-state index contributed by atoms with van der Waals surface area (Å²) in [5.41, 5.74) is 0. The zero-order valence-corrected chi connectivity index (χ0v) is 8.02. The molecule has 2 heterocycles. The van der Waals surface area contributed by atoms with Crippen LogP contribution in [0.1, 0.15) is 6.42 Å². The van der Waals surface area contributed by atoms with E-state index < -0.39 is 10.8 Å². The Labute approximate surface area is 75.5 Å². The smallest absolute Gasteiger partial charge is 0.0594 e. The summed E-state index contributed by atoms with van der Waals surface area (Å²) in [6, 6.07) is 0.578. The van der Waals surface area contributed by atoms with Crippen molar-refractivity contribution in [2.24, 2.45) is 0 Å². The molecule has 0 saturated carbocycles. The van der Waals surface area contributed by atoms with Crippen molar-refractivity contribution in [1.82, 2.24) is 4.90 Å². The van der Waals surface area contributed by atoms with E-state index in [-0.39, 0.29) is 0 Å². The molecule has 0 bridgehead atoms. The van der Waals surface area contributed by atoms with Gasteiger partial charge in [0, 0.05) is 41.4 Å². The Morgan fingerprint density at radius 1 is 1.33 bits per heavy atom. The number of nitrogens with zero attached hydrogens (tertiary/aromatic N) is 1. The van der Waals surface area contributed by atoms with Crippen LogP contribution in [0.25, 0.3) is 0 Å². The maximum absolute atomic E-state index is 11.1. The average molecular weight is 189 g/mol. The summed E-state index contributed by atoms with van der Waals surface area (Å²) in [4.78, 5) is 2.42. The van der Waals surface area contributed by atoms with E-state index in [1.54, 1.807) is 0 Å². The van der Waals surface area contributed by atoms with Crippen LogP contribution in [-0.2, 0) is 15.5 Å². The minimum Gasteiger partial charge on any atom is -0.379 e. The lowest BCUT2D eigenvalue weighted by Gasteiger charge is -2.31. The first kappa shape index (κ1) is 8.66. The second kappa shape index (κ2) is 3.85. The van der Waals surface area contributed by atoms with Crippen LogP contribution in [-0.4, -0.2) is 53.0 Å². The van der Waals surface area contributed by atoms with Crippen molar-refractivity contribution in [2.45, 2.75) is 12.5 Å². The fraction of sp³-hybridized carbons (Fsp3) is 1.00. The van der Waals surface area contributed by atoms with Gasteiger partial charge in [0.05, 0.1) is 13.2 Å². The van der Waals surface area contributed by atoms with Crippen molar-refractivity contribution in [1.29, 1.82) is 0 Å². The maximum atomic E-state index is 11.1. The Morgan fingerprint density at radius 2 is 2.08 bits per heavy atom. The highest BCUT2D eigenvalue weighted by Crippen LogP contribution is 2.15. The largest absolute Gasteiger partial charge is 0.379 e. The highest BCUT2D eigenvalue weighted by Gasteiger charge is 2.27. The molecule has 3 nitrogen and oxygen atoms in total. The predicted octanol–water partition coefficient (Wildman–Crippen LogP) is -0.160. The van der Waals surface area contributed by atoms with E-state index in [2.05, 4.69) is 4.90 Å². The molecule has 0 aromatic carbocycles. The van der Waals surface area contributed by atoms with Gasteiger partial charge in [-0.25, -0.2) is 0 Å². The van der Waals surface area contributed by atoms with E-state index in [4.69, 9.17) is 4.74 Å². The van der Waals surface area contributed by atoms with Gasteiger partial charge in [-0.2, -0.15) is 0 Å². The molecular weight excluding hydrogens is 174 g/mol. The second-order valence-electron chi connectivity index (χ2n) is 3.40. The zero-order valence-electron chi connectivity index (χ0n) is 7.20. The van der Waals surface area contributed by atoms with Crippen molar-refractivity contribution in [2.75, 3.05) is 37.8 Å². The standard InChI is InChI=1S/C8H15NO2S/c10-12-6-1-8(7-12)9-2-4-11-5-3-9/h8H,1-7H2. The van der Waals surface area contributed by atoms with Crippen molar-refractivity contribution < 1.29 is 8.95 Å². The van der Waals surface area contributed by atoms with Crippen LogP contribution in [0.5, 0.6) is 0 Å². The van der Waals surface area contributed by atoms with E-state index in [9.17, 15) is 4.21 Å². The first-order valence-corrected chi connectivity index (χ1v) is 6.02. The van der Waals surface area contributed by atoms with E-state index in [0.29, 0.717) is 6.04 Å². The lowest BCUT2D eigenvalue weighted by Crippen LogP contribution is -2.43. The Hall–Kier alpha value is 0.0700. The number of hydrogen-bond donors (Lipinski definition) is 0. The van der Waals surface area contributed by atoms with Gasteiger partial charge in [0.2, 0.25) is 0 Å². The molecule has 70 valence electrons. The fourth-order valence-electron chi connectivity index (χ4n) is 1.88. The minimum atomic E-state index is -0.537. The highest BCUT2D eigenvalue weighted by atomic mass is 32.2. The van der Waals surface area contributed by atoms with Gasteiger partial charge >= 0.3 is 0 Å². The van der Waals surface area contributed by atoms with Gasteiger partial charge in [-0.05, 0) is 6.42 Å². The number of ether oxygens (including phenoxy) is 1. The molecule has 2 atom stereocenters. The van der Waals surface area contributed by atoms with Gasteiger partial charge in [-0.1, -0.05) is 0 Å². The van der Waals surface area contributed by atoms with Gasteiger partial charge < -0.3 is 4.74 Å². The third kappa shape index (κ3) is 1.87. The van der Waals surface area contributed by atoms with Crippen molar-refractivity contribution >= 4 is 10.8 Å². The van der Waals surface area contributed by atoms with Crippen LogP contribution >= 0.6 is 0 Å². The molecule has 0 N–H and O–H groups in total. The summed E-state index contributed by atoms with van der Waals surface area (Å²) in [7, 11) is -0.537. The third-order valence-corrected chi connectivity index (χ3v) is 4.07. The summed E-state index contributed by atoms with van der Waals surface area (Å²) in [6.07, 6.45) is 1.12. The van der Waals surface area contributed by atoms with Gasteiger partial charge in [0.1, 0.15) is 0 Å². The van der Waals surface area contributed by atoms with Crippen molar-refractivity contribution in [3.8, 4) is 0 Å². The molecule has 0 spiro atoms. The van der Waals surface area contributed by atoms with Gasteiger partial charge in [-0.3, -0.25) is 9.11 Å². The normalized spacial score (nSPS) is 38.7. The summed E-state index contributed by atoms with van der Waals surface area (Å²) < 4.78 is 16.4. The zero-order chi connectivity index (χ0) is 8.39. The summed E-state index contributed by atoms with van der Waals surface area (Å²) in [6.45, 7) is 3.76. The number of hydrogen-bond acceptors (Lipinski definition) is 3.